The highest BCUT2D eigenvalue weighted by atomic mass is 16.5. The molecule has 0 spiro atoms. The molecule has 1 aliphatic heterocycles. The molecule has 0 aliphatic carbocycles. The van der Waals surface area contributed by atoms with E-state index in [9.17, 15) is 4.79 Å². The van der Waals surface area contributed by atoms with Gasteiger partial charge in [0.1, 0.15) is 6.61 Å². The number of unbranched alkanes of at least 4 members (excludes halogenated alkanes) is 1. The molecule has 0 aromatic rings. The van der Waals surface area contributed by atoms with Gasteiger partial charge in [0.2, 0.25) is 0 Å². The van der Waals surface area contributed by atoms with Crippen molar-refractivity contribution in [2.24, 2.45) is 0 Å². The highest BCUT2D eigenvalue weighted by molar-refractivity contribution is 5.68. The summed E-state index contributed by atoms with van der Waals surface area (Å²) in [5.41, 5.74) is 0. The van der Waals surface area contributed by atoms with Crippen LogP contribution in [0.1, 0.15) is 52.4 Å². The molecule has 1 atom stereocenters. The Labute approximate surface area is 110 Å². The molecule has 4 heteroatoms. The van der Waals surface area contributed by atoms with Gasteiger partial charge in [-0.25, -0.2) is 4.79 Å². The Morgan fingerprint density at radius 1 is 1.39 bits per heavy atom. The summed E-state index contributed by atoms with van der Waals surface area (Å²) in [6, 6.07) is 0.699. The second kappa shape index (κ2) is 8.48. The average Bonchev–Trinajstić information content (AvgIpc) is 2.38. The van der Waals surface area contributed by atoms with Crippen LogP contribution >= 0.6 is 0 Å². The van der Waals surface area contributed by atoms with Crippen LogP contribution in [-0.4, -0.2) is 47.8 Å². The van der Waals surface area contributed by atoms with Gasteiger partial charge in [0, 0.05) is 19.1 Å². The normalized spacial score (nSPS) is 19.9. The Hall–Kier alpha value is -0.610. The summed E-state index contributed by atoms with van der Waals surface area (Å²) >= 11 is 0. The molecule has 0 saturated carbocycles. The molecule has 1 saturated heterocycles. The fourth-order valence-corrected chi connectivity index (χ4v) is 2.68. The largest absolute Gasteiger partial charge is 0.480 e. The number of carboxylic acids is 1. The zero-order valence-corrected chi connectivity index (χ0v) is 11.7. The molecule has 0 bridgehead atoms. The van der Waals surface area contributed by atoms with Gasteiger partial charge in [-0.15, -0.1) is 0 Å². The Bertz CT molecular complexity index is 237. The minimum absolute atomic E-state index is 0.140. The van der Waals surface area contributed by atoms with Crippen LogP contribution in [0.3, 0.4) is 0 Å². The first-order chi connectivity index (χ1) is 8.67. The lowest BCUT2D eigenvalue weighted by atomic mass is 10.0. The first kappa shape index (κ1) is 15.4. The topological polar surface area (TPSA) is 49.8 Å². The number of nitrogens with zero attached hydrogens (tertiary/aromatic N) is 1. The molecular formula is C14H27NO3. The molecule has 4 nitrogen and oxygen atoms in total. The van der Waals surface area contributed by atoms with Crippen molar-refractivity contribution in [2.45, 2.75) is 64.5 Å². The van der Waals surface area contributed by atoms with Crippen LogP contribution in [-0.2, 0) is 9.53 Å². The van der Waals surface area contributed by atoms with Crippen LogP contribution in [0.4, 0.5) is 0 Å². The van der Waals surface area contributed by atoms with Crippen molar-refractivity contribution in [1.29, 1.82) is 0 Å². The minimum Gasteiger partial charge on any atom is -0.480 e. The SMILES string of the molecule is CCCCC(CC)N1CCC(OCC(=O)O)CC1. The molecule has 1 heterocycles. The van der Waals surface area contributed by atoms with E-state index in [1.54, 1.807) is 0 Å². The van der Waals surface area contributed by atoms with Crippen molar-refractivity contribution >= 4 is 5.97 Å². The van der Waals surface area contributed by atoms with Gasteiger partial charge in [-0.1, -0.05) is 26.7 Å². The molecular weight excluding hydrogens is 230 g/mol. The maximum absolute atomic E-state index is 10.4. The number of aliphatic carboxylic acids is 1. The van der Waals surface area contributed by atoms with Crippen molar-refractivity contribution in [3.63, 3.8) is 0 Å². The highest BCUT2D eigenvalue weighted by Crippen LogP contribution is 2.20. The van der Waals surface area contributed by atoms with Gasteiger partial charge in [-0.3, -0.25) is 0 Å². The molecule has 18 heavy (non-hydrogen) atoms. The average molecular weight is 257 g/mol. The van der Waals surface area contributed by atoms with Crippen LogP contribution in [0.15, 0.2) is 0 Å². The Kier molecular flexibility index (Phi) is 7.28. The van der Waals surface area contributed by atoms with E-state index in [1.807, 2.05) is 0 Å². The number of ether oxygens (including phenoxy) is 1. The fourth-order valence-electron chi connectivity index (χ4n) is 2.68. The van der Waals surface area contributed by atoms with Gasteiger partial charge in [0.15, 0.2) is 0 Å². The summed E-state index contributed by atoms with van der Waals surface area (Å²) in [5.74, 6) is -0.869. The zero-order chi connectivity index (χ0) is 13.4. The van der Waals surface area contributed by atoms with E-state index < -0.39 is 5.97 Å². The van der Waals surface area contributed by atoms with Crippen molar-refractivity contribution in [3.05, 3.63) is 0 Å². The summed E-state index contributed by atoms with van der Waals surface area (Å²) in [5, 5.41) is 8.58. The van der Waals surface area contributed by atoms with Crippen LogP contribution in [0.5, 0.6) is 0 Å². The van der Waals surface area contributed by atoms with E-state index in [1.165, 1.54) is 25.7 Å². The van der Waals surface area contributed by atoms with Crippen molar-refractivity contribution < 1.29 is 14.6 Å². The van der Waals surface area contributed by atoms with Gasteiger partial charge in [0.25, 0.3) is 0 Å². The first-order valence-corrected chi connectivity index (χ1v) is 7.24. The fraction of sp³-hybridized carbons (Fsp3) is 0.929. The molecule has 0 radical (unpaired) electrons. The van der Waals surface area contributed by atoms with Crippen LogP contribution < -0.4 is 0 Å². The molecule has 1 rings (SSSR count). The van der Waals surface area contributed by atoms with Crippen LogP contribution in [0, 0.1) is 0 Å². The van der Waals surface area contributed by atoms with Gasteiger partial charge < -0.3 is 14.7 Å². The van der Waals surface area contributed by atoms with Crippen LogP contribution in [0.2, 0.25) is 0 Å². The standard InChI is InChI=1S/C14H27NO3/c1-3-5-6-12(4-2)15-9-7-13(8-10-15)18-11-14(16)17/h12-13H,3-11H2,1-2H3,(H,16,17). The smallest absolute Gasteiger partial charge is 0.329 e. The second-order valence-electron chi connectivity index (χ2n) is 5.14. The third kappa shape index (κ3) is 5.36. The summed E-state index contributed by atoms with van der Waals surface area (Å²) in [6.07, 6.45) is 7.13. The summed E-state index contributed by atoms with van der Waals surface area (Å²) in [6.45, 7) is 6.43. The quantitative estimate of drug-likeness (QED) is 0.726. The number of hydrogen-bond donors (Lipinski definition) is 1. The van der Waals surface area contributed by atoms with Crippen molar-refractivity contribution in [3.8, 4) is 0 Å². The Balaban J connectivity index is 2.26. The Morgan fingerprint density at radius 3 is 2.56 bits per heavy atom. The molecule has 1 fully saturated rings. The second-order valence-corrected chi connectivity index (χ2v) is 5.14. The highest BCUT2D eigenvalue weighted by Gasteiger charge is 2.24. The number of rotatable bonds is 8. The molecule has 0 aromatic heterocycles. The van der Waals surface area contributed by atoms with E-state index in [-0.39, 0.29) is 12.7 Å². The maximum atomic E-state index is 10.4. The zero-order valence-electron chi connectivity index (χ0n) is 11.7. The lowest BCUT2D eigenvalue weighted by Gasteiger charge is -2.37. The summed E-state index contributed by atoms with van der Waals surface area (Å²) in [4.78, 5) is 13.0. The molecule has 0 amide bonds. The van der Waals surface area contributed by atoms with Gasteiger partial charge in [-0.2, -0.15) is 0 Å². The third-order valence-electron chi connectivity index (χ3n) is 3.80. The van der Waals surface area contributed by atoms with Gasteiger partial charge in [-0.05, 0) is 25.7 Å². The molecule has 0 aromatic carbocycles. The number of carbonyl (C=O) groups is 1. The number of hydrogen-bond acceptors (Lipinski definition) is 3. The monoisotopic (exact) mass is 257 g/mol. The predicted molar refractivity (Wildman–Crippen MR) is 71.8 cm³/mol. The van der Waals surface area contributed by atoms with E-state index >= 15 is 0 Å². The van der Waals surface area contributed by atoms with Crippen molar-refractivity contribution in [2.75, 3.05) is 19.7 Å². The molecule has 1 aliphatic rings. The van der Waals surface area contributed by atoms with E-state index in [2.05, 4.69) is 18.7 Å². The summed E-state index contributed by atoms with van der Waals surface area (Å²) < 4.78 is 5.36. The van der Waals surface area contributed by atoms with E-state index in [4.69, 9.17) is 9.84 Å². The summed E-state index contributed by atoms with van der Waals surface area (Å²) in [7, 11) is 0. The van der Waals surface area contributed by atoms with Gasteiger partial charge in [0.05, 0.1) is 6.10 Å². The van der Waals surface area contributed by atoms with Crippen molar-refractivity contribution in [1.82, 2.24) is 4.90 Å². The predicted octanol–water partition coefficient (Wildman–Crippen LogP) is 2.52. The van der Waals surface area contributed by atoms with E-state index in [0.29, 0.717) is 6.04 Å². The first-order valence-electron chi connectivity index (χ1n) is 7.24. The lowest BCUT2D eigenvalue weighted by Crippen LogP contribution is -2.43. The minimum atomic E-state index is -0.869. The molecule has 106 valence electrons. The number of piperidine rings is 1. The number of likely N-dealkylation sites (tertiary alicyclic amines) is 1. The lowest BCUT2D eigenvalue weighted by molar-refractivity contribution is -0.145. The van der Waals surface area contributed by atoms with E-state index in [0.717, 1.165) is 25.9 Å². The number of carboxylic acid groups (broad SMARTS) is 1. The van der Waals surface area contributed by atoms with Gasteiger partial charge >= 0.3 is 5.97 Å². The molecule has 1 unspecified atom stereocenters. The van der Waals surface area contributed by atoms with Crippen LogP contribution in [0.25, 0.3) is 0 Å². The Morgan fingerprint density at radius 2 is 2.06 bits per heavy atom. The molecule has 1 N–H and O–H groups in total. The third-order valence-corrected chi connectivity index (χ3v) is 3.80. The maximum Gasteiger partial charge on any atom is 0.329 e.